The second-order valence-electron chi connectivity index (χ2n) is 20.6. The molecule has 8 bridgehead atoms. The molecule has 60 heavy (non-hydrogen) atoms. The maximum absolute atomic E-state index is 4.43. The number of fused-ring (bicyclic) bond motifs is 20. The van der Waals surface area contributed by atoms with Crippen molar-refractivity contribution in [1.29, 1.82) is 0 Å². The normalized spacial score (nSPS) is 47.3. The van der Waals surface area contributed by atoms with Gasteiger partial charge in [-0.1, -0.05) is 24.3 Å². The van der Waals surface area contributed by atoms with E-state index in [0.717, 1.165) is 0 Å². The van der Waals surface area contributed by atoms with Crippen LogP contribution in [0.1, 0.15) is 120 Å². The van der Waals surface area contributed by atoms with E-state index in [9.17, 15) is 0 Å². The summed E-state index contributed by atoms with van der Waals surface area (Å²) in [7, 11) is 0. The van der Waals surface area contributed by atoms with Gasteiger partial charge in [0.15, 0.2) is 0 Å². The van der Waals surface area contributed by atoms with Crippen LogP contribution in [-0.2, 0) is 0 Å². The first-order valence-corrected chi connectivity index (χ1v) is 27.4. The lowest BCUT2D eigenvalue weighted by atomic mass is 9.71. The fraction of sp³-hybridized carbons (Fsp3) is 0.667. The van der Waals surface area contributed by atoms with E-state index < -0.39 is 0 Å². The van der Waals surface area contributed by atoms with Crippen LogP contribution in [0.4, 0.5) is 0 Å². The second kappa shape index (κ2) is 16.2. The van der Waals surface area contributed by atoms with Crippen molar-refractivity contribution < 1.29 is 0 Å². The Balaban J connectivity index is 0.852. The minimum Gasteiger partial charge on any atom is -0.286 e. The largest absolute Gasteiger partial charge is 0.286 e. The zero-order valence-corrected chi connectivity index (χ0v) is 37.9. The Hall–Kier alpha value is -1.52. The first kappa shape index (κ1) is 38.9. The van der Waals surface area contributed by atoms with Crippen LogP contribution in [0.5, 0.6) is 0 Å². The number of thiophene rings is 4. The molecule has 12 atom stereocenters. The minimum atomic E-state index is 0.289. The molecule has 12 unspecified atom stereocenters. The third kappa shape index (κ3) is 6.92. The molecule has 5 aliphatic heterocycles. The van der Waals surface area contributed by atoms with E-state index in [4.69, 9.17) is 0 Å². The smallest absolute Gasteiger partial charge is 0.0628 e. The number of hydrogen-bond donors (Lipinski definition) is 8. The van der Waals surface area contributed by atoms with Crippen LogP contribution < -0.4 is 42.5 Å². The van der Waals surface area contributed by atoms with Gasteiger partial charge in [0.1, 0.15) is 0 Å². The van der Waals surface area contributed by atoms with Gasteiger partial charge in [-0.2, -0.15) is 0 Å². The predicted molar refractivity (Wildman–Crippen MR) is 247 cm³/mol. The molecule has 13 rings (SSSR count). The monoisotopic (exact) mass is 880 g/mol. The van der Waals surface area contributed by atoms with Crippen LogP contribution in [0.25, 0.3) is 0 Å². The van der Waals surface area contributed by atoms with Gasteiger partial charge in [0, 0.05) is 19.5 Å². The molecule has 4 aromatic heterocycles. The second-order valence-corrected chi connectivity index (χ2v) is 24.5. The van der Waals surface area contributed by atoms with Gasteiger partial charge in [-0.25, -0.2) is 0 Å². The maximum Gasteiger partial charge on any atom is 0.0628 e. The Bertz CT molecular complexity index is 1740. The number of rotatable bonds is 4. The molecule has 320 valence electrons. The fourth-order valence-corrected chi connectivity index (χ4v) is 18.7. The van der Waals surface area contributed by atoms with Gasteiger partial charge in [-0.05, 0) is 194 Å². The summed E-state index contributed by atoms with van der Waals surface area (Å²) in [5.41, 5.74) is 0. The predicted octanol–water partition coefficient (Wildman–Crippen LogP) is 8.43. The van der Waals surface area contributed by atoms with E-state index >= 15 is 0 Å². The zero-order chi connectivity index (χ0) is 39.3. The van der Waals surface area contributed by atoms with Crippen LogP contribution >= 0.6 is 45.3 Å². The quantitative estimate of drug-likeness (QED) is 0.104. The molecule has 8 nitrogen and oxygen atoms in total. The van der Waals surface area contributed by atoms with Crippen LogP contribution in [0.15, 0.2) is 70.1 Å². The summed E-state index contributed by atoms with van der Waals surface area (Å²) >= 11 is 7.92. The highest BCUT2D eigenvalue weighted by Gasteiger charge is 2.56. The standard InChI is InChI=1S/C48H64N8S4/c1-5-37(57-17-1)25-9-13-29-33(21-25)45-49-41(29)54-46-35-23-27(39-7-3-19-59-39)11-15-31(35)43(51-46)56-48-36-24-28(40-8-4-20-60-40)12-16-32(36)44(52-48)55-47-34-22-26(38-6-2-18-58-38)10-14-30(34)42(50-47)53-45/h1-8,17-20,25-36,41-56H,9-16,21-24H2. The Morgan fingerprint density at radius 2 is 0.500 bits per heavy atom. The molecule has 9 fully saturated rings. The Morgan fingerprint density at radius 3 is 0.700 bits per heavy atom. The van der Waals surface area contributed by atoms with E-state index in [1.165, 1.54) is 77.0 Å². The summed E-state index contributed by atoms with van der Waals surface area (Å²) in [6.07, 6.45) is 17.8. The van der Waals surface area contributed by atoms with Crippen molar-refractivity contribution >= 4 is 45.3 Å². The van der Waals surface area contributed by atoms with Crippen molar-refractivity contribution in [2.45, 2.75) is 150 Å². The summed E-state index contributed by atoms with van der Waals surface area (Å²) in [6, 6.07) is 18.7. The van der Waals surface area contributed by atoms with Crippen LogP contribution in [0.2, 0.25) is 0 Å². The molecule has 0 spiro atoms. The molecule has 4 aromatic rings. The molecule has 0 aromatic carbocycles. The highest BCUT2D eigenvalue weighted by atomic mass is 32.1. The van der Waals surface area contributed by atoms with E-state index in [1.807, 2.05) is 45.3 Å². The summed E-state index contributed by atoms with van der Waals surface area (Å²) in [5.74, 6) is 7.55. The average Bonchev–Trinajstić information content (AvgIpc) is 4.13. The molecule has 9 aliphatic rings. The maximum atomic E-state index is 4.43. The van der Waals surface area contributed by atoms with E-state index in [2.05, 4.69) is 113 Å². The van der Waals surface area contributed by atoms with Gasteiger partial charge < -0.3 is 0 Å². The summed E-state index contributed by atoms with van der Waals surface area (Å²) in [4.78, 5) is 6.38. The first-order chi connectivity index (χ1) is 29.7. The Morgan fingerprint density at radius 1 is 0.283 bits per heavy atom. The lowest BCUT2D eigenvalue weighted by Gasteiger charge is -2.39. The SMILES string of the molecule is c1csc(C2CCC3C4NC(NC5NC(NC6NC(NC7NC(N4)C4CC(c8cccs8)CCC74)C4CC(c7cccs7)CCC64)C4CC(c6cccs6)CCC54)C3C2)c1. The summed E-state index contributed by atoms with van der Waals surface area (Å²) in [5, 5.41) is 44.3. The third-order valence-electron chi connectivity index (χ3n) is 17.9. The van der Waals surface area contributed by atoms with Crippen molar-refractivity contribution in [3.8, 4) is 0 Å². The molecule has 12 heteroatoms. The van der Waals surface area contributed by atoms with Gasteiger partial charge in [0.25, 0.3) is 0 Å². The minimum absolute atomic E-state index is 0.289. The Labute approximate surface area is 372 Å². The van der Waals surface area contributed by atoms with Crippen molar-refractivity contribution in [3.63, 3.8) is 0 Å². The van der Waals surface area contributed by atoms with Crippen molar-refractivity contribution in [1.82, 2.24) is 42.5 Å². The van der Waals surface area contributed by atoms with E-state index in [0.29, 0.717) is 95.7 Å². The molecular weight excluding hydrogens is 817 g/mol. The summed E-state index contributed by atoms with van der Waals surface area (Å²) in [6.45, 7) is 0. The molecular formula is C48H64N8S4. The molecule has 0 amide bonds. The lowest BCUT2D eigenvalue weighted by molar-refractivity contribution is 0.153. The van der Waals surface area contributed by atoms with E-state index in [-0.39, 0.29) is 24.7 Å². The van der Waals surface area contributed by atoms with E-state index in [1.54, 1.807) is 19.5 Å². The molecule has 5 saturated heterocycles. The van der Waals surface area contributed by atoms with Crippen molar-refractivity contribution in [2.24, 2.45) is 47.3 Å². The third-order valence-corrected chi connectivity index (χ3v) is 22.0. The van der Waals surface area contributed by atoms with Gasteiger partial charge in [-0.15, -0.1) is 45.3 Å². The number of hydrogen-bond acceptors (Lipinski definition) is 12. The summed E-state index contributed by atoms with van der Waals surface area (Å²) < 4.78 is 0. The molecule has 4 saturated carbocycles. The van der Waals surface area contributed by atoms with Gasteiger partial charge in [0.2, 0.25) is 0 Å². The molecule has 9 heterocycles. The van der Waals surface area contributed by atoms with Gasteiger partial charge in [0.05, 0.1) is 49.3 Å². The van der Waals surface area contributed by atoms with Crippen molar-refractivity contribution in [2.75, 3.05) is 0 Å². The Kier molecular flexibility index (Phi) is 10.5. The van der Waals surface area contributed by atoms with Gasteiger partial charge >= 0.3 is 0 Å². The van der Waals surface area contributed by atoms with Crippen LogP contribution in [-0.4, -0.2) is 49.3 Å². The average molecular weight is 881 g/mol. The van der Waals surface area contributed by atoms with Crippen molar-refractivity contribution in [3.05, 3.63) is 89.6 Å². The van der Waals surface area contributed by atoms with Gasteiger partial charge in [-0.3, -0.25) is 42.5 Å². The number of nitrogens with one attached hydrogen (secondary N) is 8. The zero-order valence-electron chi connectivity index (χ0n) is 34.6. The van der Waals surface area contributed by atoms with Crippen LogP contribution in [0, 0.1) is 47.3 Å². The highest BCUT2D eigenvalue weighted by Crippen LogP contribution is 2.52. The molecule has 4 aliphatic carbocycles. The van der Waals surface area contributed by atoms with Crippen LogP contribution in [0.3, 0.4) is 0 Å². The first-order valence-electron chi connectivity index (χ1n) is 23.9. The highest BCUT2D eigenvalue weighted by molar-refractivity contribution is 7.10. The topological polar surface area (TPSA) is 96.2 Å². The lowest BCUT2D eigenvalue weighted by Crippen LogP contribution is -2.61. The molecule has 8 N–H and O–H groups in total. The molecule has 0 radical (unpaired) electrons. The fourth-order valence-electron chi connectivity index (χ4n) is 15.1.